The van der Waals surface area contributed by atoms with Gasteiger partial charge in [0.05, 0.1) is 0 Å². The van der Waals surface area contributed by atoms with Crippen LogP contribution in [-0.2, 0) is 9.53 Å². The topological polar surface area (TPSA) is 46.5 Å². The van der Waals surface area contributed by atoms with E-state index in [1.54, 1.807) is 0 Å². The van der Waals surface area contributed by atoms with Crippen molar-refractivity contribution in [3.8, 4) is 0 Å². The monoisotopic (exact) mass is 240 g/mol. The Kier molecular flexibility index (Phi) is 3.23. The van der Waals surface area contributed by atoms with Gasteiger partial charge in [-0.25, -0.2) is 4.79 Å². The van der Waals surface area contributed by atoms with Gasteiger partial charge in [0.15, 0.2) is 6.10 Å². The van der Waals surface area contributed by atoms with E-state index in [1.807, 2.05) is 0 Å². The van der Waals surface area contributed by atoms with Crippen molar-refractivity contribution < 1.29 is 14.6 Å². The summed E-state index contributed by atoms with van der Waals surface area (Å²) in [6.45, 7) is 4.61. The van der Waals surface area contributed by atoms with Crippen LogP contribution in [0.2, 0.25) is 0 Å². The molecule has 2 aliphatic carbocycles. The molecule has 3 heteroatoms. The Balaban J connectivity index is 2.13. The summed E-state index contributed by atoms with van der Waals surface area (Å²) in [7, 11) is 1.53. The van der Waals surface area contributed by atoms with Crippen molar-refractivity contribution in [1.29, 1.82) is 0 Å². The predicted molar refractivity (Wildman–Crippen MR) is 65.8 cm³/mol. The van der Waals surface area contributed by atoms with Crippen molar-refractivity contribution in [2.75, 3.05) is 7.11 Å². The fourth-order valence-corrected chi connectivity index (χ4v) is 3.80. The summed E-state index contributed by atoms with van der Waals surface area (Å²) in [6, 6.07) is 0. The highest BCUT2D eigenvalue weighted by Gasteiger charge is 2.58. The van der Waals surface area contributed by atoms with Crippen LogP contribution in [0.5, 0.6) is 0 Å². The Labute approximate surface area is 104 Å². The average Bonchev–Trinajstić information content (AvgIpc) is 2.98. The Morgan fingerprint density at radius 3 is 2.41 bits per heavy atom. The molecular weight excluding hydrogens is 216 g/mol. The molecule has 0 amide bonds. The van der Waals surface area contributed by atoms with Gasteiger partial charge in [0, 0.05) is 12.5 Å². The second-order valence-corrected chi connectivity index (χ2v) is 6.64. The SMILES string of the molecule is COC(C(=O)O)C1(C2CCCC(C)(C)C2)CC1. The van der Waals surface area contributed by atoms with Gasteiger partial charge in [0.2, 0.25) is 0 Å². The van der Waals surface area contributed by atoms with E-state index in [2.05, 4.69) is 13.8 Å². The number of ether oxygens (including phenoxy) is 1. The zero-order valence-corrected chi connectivity index (χ0v) is 11.2. The molecule has 0 aliphatic heterocycles. The number of rotatable bonds is 4. The summed E-state index contributed by atoms with van der Waals surface area (Å²) in [6.07, 6.45) is 6.29. The number of hydrogen-bond acceptors (Lipinski definition) is 2. The van der Waals surface area contributed by atoms with Crippen molar-refractivity contribution in [3.05, 3.63) is 0 Å². The molecule has 2 saturated carbocycles. The van der Waals surface area contributed by atoms with Gasteiger partial charge in [-0.1, -0.05) is 20.3 Å². The van der Waals surface area contributed by atoms with Gasteiger partial charge in [-0.2, -0.15) is 0 Å². The standard InChI is InChI=1S/C14H24O3/c1-13(2)6-4-5-10(9-13)14(7-8-14)11(17-3)12(15)16/h10-11H,4-9H2,1-3H3,(H,15,16). The molecule has 2 atom stereocenters. The van der Waals surface area contributed by atoms with Crippen LogP contribution >= 0.6 is 0 Å². The Morgan fingerprint density at radius 2 is 2.00 bits per heavy atom. The first-order valence-corrected chi connectivity index (χ1v) is 6.67. The maximum absolute atomic E-state index is 11.3. The van der Waals surface area contributed by atoms with E-state index in [1.165, 1.54) is 26.4 Å². The average molecular weight is 240 g/mol. The van der Waals surface area contributed by atoms with Crippen molar-refractivity contribution in [2.45, 2.75) is 58.5 Å². The van der Waals surface area contributed by atoms with Gasteiger partial charge in [-0.05, 0) is 43.4 Å². The number of aliphatic carboxylic acids is 1. The highest BCUT2D eigenvalue weighted by molar-refractivity contribution is 5.74. The van der Waals surface area contributed by atoms with Gasteiger partial charge in [-0.3, -0.25) is 0 Å². The lowest BCUT2D eigenvalue weighted by atomic mass is 9.65. The zero-order chi connectivity index (χ0) is 12.7. The normalized spacial score (nSPS) is 31.8. The van der Waals surface area contributed by atoms with Crippen LogP contribution in [0, 0.1) is 16.7 Å². The molecule has 2 aliphatic rings. The summed E-state index contributed by atoms with van der Waals surface area (Å²) < 4.78 is 5.26. The van der Waals surface area contributed by atoms with Crippen molar-refractivity contribution in [2.24, 2.45) is 16.7 Å². The van der Waals surface area contributed by atoms with E-state index in [4.69, 9.17) is 4.74 Å². The van der Waals surface area contributed by atoms with E-state index in [0.717, 1.165) is 19.3 Å². The summed E-state index contributed by atoms with van der Waals surface area (Å²) >= 11 is 0. The minimum absolute atomic E-state index is 0.0573. The van der Waals surface area contributed by atoms with E-state index < -0.39 is 12.1 Å². The van der Waals surface area contributed by atoms with Crippen molar-refractivity contribution in [3.63, 3.8) is 0 Å². The van der Waals surface area contributed by atoms with Crippen molar-refractivity contribution >= 4 is 5.97 Å². The fourth-order valence-electron chi connectivity index (χ4n) is 3.80. The summed E-state index contributed by atoms with van der Waals surface area (Å²) in [5, 5.41) is 9.28. The fraction of sp³-hybridized carbons (Fsp3) is 0.929. The molecule has 0 aromatic carbocycles. The molecule has 0 bridgehead atoms. The maximum Gasteiger partial charge on any atom is 0.333 e. The van der Waals surface area contributed by atoms with Gasteiger partial charge >= 0.3 is 5.97 Å². The Bertz CT molecular complexity index is 305. The molecule has 2 unspecified atom stereocenters. The quantitative estimate of drug-likeness (QED) is 0.821. The minimum atomic E-state index is -0.784. The minimum Gasteiger partial charge on any atom is -0.479 e. The third-order valence-corrected chi connectivity index (χ3v) is 4.83. The van der Waals surface area contributed by atoms with Gasteiger partial charge in [0.1, 0.15) is 0 Å². The smallest absolute Gasteiger partial charge is 0.333 e. The van der Waals surface area contributed by atoms with E-state index in [0.29, 0.717) is 11.3 Å². The first kappa shape index (κ1) is 12.9. The number of carboxylic acids is 1. The van der Waals surface area contributed by atoms with Gasteiger partial charge in [-0.15, -0.1) is 0 Å². The van der Waals surface area contributed by atoms with Crippen LogP contribution in [0.1, 0.15) is 52.4 Å². The highest BCUT2D eigenvalue weighted by atomic mass is 16.5. The molecule has 0 aromatic heterocycles. The van der Waals surface area contributed by atoms with Crippen LogP contribution in [0.4, 0.5) is 0 Å². The second kappa shape index (κ2) is 4.27. The number of carbonyl (C=O) groups is 1. The molecule has 98 valence electrons. The zero-order valence-electron chi connectivity index (χ0n) is 11.2. The van der Waals surface area contributed by atoms with Crippen LogP contribution in [-0.4, -0.2) is 24.3 Å². The summed E-state index contributed by atoms with van der Waals surface area (Å²) in [4.78, 5) is 11.3. The van der Waals surface area contributed by atoms with E-state index in [-0.39, 0.29) is 5.41 Å². The third kappa shape index (κ3) is 2.35. The molecule has 0 spiro atoms. The molecule has 0 radical (unpaired) electrons. The van der Waals surface area contributed by atoms with Crippen LogP contribution in [0.25, 0.3) is 0 Å². The molecule has 0 heterocycles. The molecule has 17 heavy (non-hydrogen) atoms. The number of carboxylic acid groups (broad SMARTS) is 1. The van der Waals surface area contributed by atoms with Crippen molar-refractivity contribution in [1.82, 2.24) is 0 Å². The second-order valence-electron chi connectivity index (χ2n) is 6.64. The molecule has 1 N–H and O–H groups in total. The van der Waals surface area contributed by atoms with Crippen LogP contribution < -0.4 is 0 Å². The summed E-state index contributed by atoms with van der Waals surface area (Å²) in [5.41, 5.74) is 0.313. The summed E-state index contributed by atoms with van der Waals surface area (Å²) in [5.74, 6) is -0.249. The molecule has 2 fully saturated rings. The molecule has 0 saturated heterocycles. The molecule has 0 aromatic rings. The highest BCUT2D eigenvalue weighted by Crippen LogP contribution is 2.61. The third-order valence-electron chi connectivity index (χ3n) is 4.83. The predicted octanol–water partition coefficient (Wildman–Crippen LogP) is 3.08. The Morgan fingerprint density at radius 1 is 1.35 bits per heavy atom. The molecular formula is C14H24O3. The largest absolute Gasteiger partial charge is 0.479 e. The first-order chi connectivity index (χ1) is 7.91. The lowest BCUT2D eigenvalue weighted by molar-refractivity contribution is -0.156. The number of methoxy groups -OCH3 is 1. The van der Waals surface area contributed by atoms with E-state index >= 15 is 0 Å². The van der Waals surface area contributed by atoms with Gasteiger partial charge in [0.25, 0.3) is 0 Å². The van der Waals surface area contributed by atoms with Crippen LogP contribution in [0.15, 0.2) is 0 Å². The van der Waals surface area contributed by atoms with Crippen LogP contribution in [0.3, 0.4) is 0 Å². The Hall–Kier alpha value is -0.570. The first-order valence-electron chi connectivity index (χ1n) is 6.67. The van der Waals surface area contributed by atoms with Gasteiger partial charge < -0.3 is 9.84 Å². The molecule has 3 nitrogen and oxygen atoms in total. The lowest BCUT2D eigenvalue weighted by Gasteiger charge is -2.41. The molecule has 2 rings (SSSR count). The maximum atomic E-state index is 11.3. The lowest BCUT2D eigenvalue weighted by Crippen LogP contribution is -2.40. The van der Waals surface area contributed by atoms with E-state index in [9.17, 15) is 9.90 Å². The number of hydrogen-bond donors (Lipinski definition) is 1.